The van der Waals surface area contributed by atoms with Gasteiger partial charge >= 0.3 is 5.97 Å². The van der Waals surface area contributed by atoms with Gasteiger partial charge in [0.25, 0.3) is 11.1 Å². The number of methoxy groups -OCH3 is 1. The van der Waals surface area contributed by atoms with Crippen molar-refractivity contribution in [1.82, 2.24) is 4.90 Å². The van der Waals surface area contributed by atoms with Crippen LogP contribution in [0.3, 0.4) is 0 Å². The summed E-state index contributed by atoms with van der Waals surface area (Å²) in [5.41, 5.74) is 1.55. The maximum Gasteiger partial charge on any atom is 0.344 e. The van der Waals surface area contributed by atoms with Gasteiger partial charge < -0.3 is 14.2 Å². The summed E-state index contributed by atoms with van der Waals surface area (Å²) in [6.45, 7) is 1.98. The lowest BCUT2D eigenvalue weighted by atomic mass is 10.1. The third-order valence-corrected chi connectivity index (χ3v) is 5.89. The number of hydrogen-bond acceptors (Lipinski definition) is 7. The van der Waals surface area contributed by atoms with E-state index in [9.17, 15) is 14.4 Å². The molecule has 0 unspecified atom stereocenters. The fraction of sp³-hybridized carbons (Fsp3) is 0.227. The van der Waals surface area contributed by atoms with E-state index in [1.165, 1.54) is 12.0 Å². The van der Waals surface area contributed by atoms with Crippen LogP contribution in [0.4, 0.5) is 4.79 Å². The zero-order chi connectivity index (χ0) is 22.4. The average Bonchev–Trinajstić information content (AvgIpc) is 3.01. The number of nitrogens with zero attached hydrogens (tertiary/aromatic N) is 1. The van der Waals surface area contributed by atoms with Crippen molar-refractivity contribution >= 4 is 57.5 Å². The molecule has 1 aliphatic rings. The second kappa shape index (κ2) is 10.7. The second-order valence-corrected chi connectivity index (χ2v) is 8.64. The Balaban J connectivity index is 1.73. The van der Waals surface area contributed by atoms with Crippen LogP contribution in [-0.4, -0.2) is 42.3 Å². The number of esters is 1. The third kappa shape index (κ3) is 6.01. The van der Waals surface area contributed by atoms with E-state index < -0.39 is 5.97 Å². The first-order valence-electron chi connectivity index (χ1n) is 9.37. The molecular formula is C22H20INO6S. The monoisotopic (exact) mass is 553 g/mol. The Hall–Kier alpha value is -2.53. The number of carbonyl (C=O) groups is 3. The molecule has 0 bridgehead atoms. The quantitative estimate of drug-likeness (QED) is 0.271. The summed E-state index contributed by atoms with van der Waals surface area (Å²) in [4.78, 5) is 38.2. The van der Waals surface area contributed by atoms with Gasteiger partial charge in [0.15, 0.2) is 18.1 Å². The molecule has 2 aromatic rings. The highest BCUT2D eigenvalue weighted by atomic mass is 127. The number of hydrogen-bond donors (Lipinski definition) is 0. The normalized spacial score (nSPS) is 14.8. The number of halogens is 1. The Bertz CT molecular complexity index is 1020. The molecular weight excluding hydrogens is 533 g/mol. The Morgan fingerprint density at radius 2 is 1.87 bits per heavy atom. The lowest BCUT2D eigenvalue weighted by molar-refractivity contribution is -0.145. The molecule has 0 atom stereocenters. The van der Waals surface area contributed by atoms with Crippen molar-refractivity contribution in [3.63, 3.8) is 0 Å². The first-order valence-corrected chi connectivity index (χ1v) is 11.3. The fourth-order valence-electron chi connectivity index (χ4n) is 2.79. The molecule has 162 valence electrons. The SMILES string of the molecule is CCOC(=O)COc1ccc(/C=C2\SC(=O)N(Cc3ccc(I)cc3)C2=O)cc1OC. The Labute approximate surface area is 197 Å². The van der Waals surface area contributed by atoms with E-state index in [-0.39, 0.29) is 30.9 Å². The van der Waals surface area contributed by atoms with Crippen molar-refractivity contribution in [2.75, 3.05) is 20.3 Å². The van der Waals surface area contributed by atoms with Crippen LogP contribution in [0.25, 0.3) is 6.08 Å². The summed E-state index contributed by atoms with van der Waals surface area (Å²) in [5, 5.41) is -0.309. The predicted molar refractivity (Wildman–Crippen MR) is 126 cm³/mol. The molecule has 1 fully saturated rings. The van der Waals surface area contributed by atoms with E-state index in [1.807, 2.05) is 24.3 Å². The Kier molecular flexibility index (Phi) is 7.97. The summed E-state index contributed by atoms with van der Waals surface area (Å²) in [6.07, 6.45) is 1.64. The van der Waals surface area contributed by atoms with E-state index >= 15 is 0 Å². The number of benzene rings is 2. The molecule has 7 nitrogen and oxygen atoms in total. The number of imide groups is 1. The van der Waals surface area contributed by atoms with Crippen LogP contribution < -0.4 is 9.47 Å². The number of amides is 2. The summed E-state index contributed by atoms with van der Waals surface area (Å²) in [7, 11) is 1.48. The van der Waals surface area contributed by atoms with Gasteiger partial charge in [0.2, 0.25) is 0 Å². The van der Waals surface area contributed by atoms with Gasteiger partial charge in [-0.25, -0.2) is 4.79 Å². The minimum Gasteiger partial charge on any atom is -0.493 e. The molecule has 2 amide bonds. The lowest BCUT2D eigenvalue weighted by Gasteiger charge is -2.12. The topological polar surface area (TPSA) is 82.1 Å². The molecule has 1 saturated heterocycles. The van der Waals surface area contributed by atoms with Crippen LogP contribution in [0.15, 0.2) is 47.4 Å². The third-order valence-electron chi connectivity index (χ3n) is 4.26. The fourth-order valence-corrected chi connectivity index (χ4v) is 3.99. The van der Waals surface area contributed by atoms with Crippen molar-refractivity contribution in [3.8, 4) is 11.5 Å². The zero-order valence-electron chi connectivity index (χ0n) is 16.9. The summed E-state index contributed by atoms with van der Waals surface area (Å²) in [5.74, 6) is -0.0405. The van der Waals surface area contributed by atoms with E-state index in [0.717, 1.165) is 20.9 Å². The average molecular weight is 553 g/mol. The minimum atomic E-state index is -0.476. The van der Waals surface area contributed by atoms with Gasteiger partial charge in [0, 0.05) is 3.57 Å². The molecule has 0 saturated carbocycles. The maximum atomic E-state index is 12.8. The van der Waals surface area contributed by atoms with E-state index in [2.05, 4.69) is 22.6 Å². The van der Waals surface area contributed by atoms with Crippen LogP contribution in [0.5, 0.6) is 11.5 Å². The Morgan fingerprint density at radius 1 is 1.13 bits per heavy atom. The molecule has 0 aliphatic carbocycles. The first kappa shape index (κ1) is 23.1. The highest BCUT2D eigenvalue weighted by Gasteiger charge is 2.35. The molecule has 2 aromatic carbocycles. The van der Waals surface area contributed by atoms with Crippen LogP contribution in [0.1, 0.15) is 18.1 Å². The van der Waals surface area contributed by atoms with Crippen LogP contribution in [0, 0.1) is 3.57 Å². The van der Waals surface area contributed by atoms with Crippen molar-refractivity contribution in [1.29, 1.82) is 0 Å². The summed E-state index contributed by atoms with van der Waals surface area (Å²) >= 11 is 3.10. The summed E-state index contributed by atoms with van der Waals surface area (Å²) in [6, 6.07) is 12.7. The molecule has 31 heavy (non-hydrogen) atoms. The van der Waals surface area contributed by atoms with Gasteiger partial charge in [-0.05, 0) is 82.7 Å². The van der Waals surface area contributed by atoms with Gasteiger partial charge in [-0.3, -0.25) is 14.5 Å². The lowest BCUT2D eigenvalue weighted by Crippen LogP contribution is -2.27. The van der Waals surface area contributed by atoms with Crippen molar-refractivity contribution in [2.24, 2.45) is 0 Å². The number of rotatable bonds is 8. The molecule has 1 aliphatic heterocycles. The van der Waals surface area contributed by atoms with Gasteiger partial charge in [-0.15, -0.1) is 0 Å². The highest BCUT2D eigenvalue weighted by molar-refractivity contribution is 14.1. The van der Waals surface area contributed by atoms with Crippen molar-refractivity contribution < 1.29 is 28.6 Å². The largest absolute Gasteiger partial charge is 0.493 e. The van der Waals surface area contributed by atoms with Gasteiger partial charge in [-0.2, -0.15) is 0 Å². The van der Waals surface area contributed by atoms with E-state index in [1.54, 1.807) is 31.2 Å². The van der Waals surface area contributed by atoms with Crippen molar-refractivity contribution in [2.45, 2.75) is 13.5 Å². The molecule has 0 N–H and O–H groups in total. The predicted octanol–water partition coefficient (Wildman–Crippen LogP) is 4.48. The number of thioether (sulfide) groups is 1. The first-order chi connectivity index (χ1) is 14.9. The number of ether oxygens (including phenoxy) is 3. The van der Waals surface area contributed by atoms with Crippen LogP contribution in [-0.2, 0) is 20.9 Å². The smallest absolute Gasteiger partial charge is 0.344 e. The van der Waals surface area contributed by atoms with E-state index in [0.29, 0.717) is 22.0 Å². The van der Waals surface area contributed by atoms with Crippen LogP contribution >= 0.6 is 34.4 Å². The molecule has 0 spiro atoms. The second-order valence-electron chi connectivity index (χ2n) is 6.40. The Morgan fingerprint density at radius 3 is 2.55 bits per heavy atom. The molecule has 0 aromatic heterocycles. The van der Waals surface area contributed by atoms with Crippen molar-refractivity contribution in [3.05, 3.63) is 62.1 Å². The van der Waals surface area contributed by atoms with E-state index in [4.69, 9.17) is 14.2 Å². The molecule has 3 rings (SSSR count). The molecule has 9 heteroatoms. The zero-order valence-corrected chi connectivity index (χ0v) is 19.9. The highest BCUT2D eigenvalue weighted by Crippen LogP contribution is 2.35. The van der Waals surface area contributed by atoms with Crippen LogP contribution in [0.2, 0.25) is 0 Å². The maximum absolute atomic E-state index is 12.8. The standard InChI is InChI=1S/C22H20INO6S/c1-3-29-20(25)13-30-17-9-6-15(10-18(17)28-2)11-19-21(26)24(22(27)31-19)12-14-4-7-16(23)8-5-14/h4-11H,3,12-13H2,1-2H3/b19-11-. The number of carbonyl (C=O) groups excluding carboxylic acids is 3. The molecule has 1 heterocycles. The summed E-state index contributed by atoms with van der Waals surface area (Å²) < 4.78 is 16.7. The van der Waals surface area contributed by atoms with Gasteiger partial charge in [0.1, 0.15) is 0 Å². The molecule has 0 radical (unpaired) electrons. The minimum absolute atomic E-state index is 0.225. The van der Waals surface area contributed by atoms with Gasteiger partial charge in [-0.1, -0.05) is 18.2 Å². The van der Waals surface area contributed by atoms with Gasteiger partial charge in [0.05, 0.1) is 25.2 Å².